The average molecular weight is 239 g/mol. The fraction of sp³-hybridized carbons (Fsp3) is 0.182. The molecule has 1 heterocycles. The Morgan fingerprint density at radius 1 is 1.38 bits per heavy atom. The molecule has 2 rings (SSSR count). The summed E-state index contributed by atoms with van der Waals surface area (Å²) in [6, 6.07) is 7.11. The van der Waals surface area contributed by atoms with Crippen LogP contribution >= 0.6 is 12.4 Å². The maximum absolute atomic E-state index is 10.8. The summed E-state index contributed by atoms with van der Waals surface area (Å²) in [6.07, 6.45) is 2.18. The molecule has 0 fully saturated rings. The van der Waals surface area contributed by atoms with Crippen molar-refractivity contribution in [2.45, 2.75) is 12.5 Å². The Morgan fingerprint density at radius 3 is 2.75 bits per heavy atom. The Kier molecular flexibility index (Phi) is 3.93. The molecule has 1 aromatic carbocycles. The van der Waals surface area contributed by atoms with Crippen LogP contribution in [0.3, 0.4) is 0 Å². The van der Waals surface area contributed by atoms with Gasteiger partial charge >= 0.3 is 0 Å². The summed E-state index contributed by atoms with van der Waals surface area (Å²) in [7, 11) is 0. The highest BCUT2D eigenvalue weighted by Gasteiger charge is 2.19. The van der Waals surface area contributed by atoms with Gasteiger partial charge in [0, 0.05) is 11.8 Å². The van der Waals surface area contributed by atoms with Gasteiger partial charge in [-0.15, -0.1) is 12.4 Å². The van der Waals surface area contributed by atoms with Crippen LogP contribution in [0.5, 0.6) is 0 Å². The smallest absolute Gasteiger partial charge is 0.234 e. The summed E-state index contributed by atoms with van der Waals surface area (Å²) in [5.74, 6) is -0.486. The van der Waals surface area contributed by atoms with Crippen molar-refractivity contribution in [2.75, 3.05) is 0 Å². The number of para-hydroxylation sites is 1. The molecule has 0 aliphatic carbocycles. The lowest BCUT2D eigenvalue weighted by Crippen LogP contribution is -2.36. The van der Waals surface area contributed by atoms with Gasteiger partial charge in [-0.25, -0.2) is 0 Å². The number of hydrogen-bond acceptors (Lipinski definition) is 2. The Hall–Kier alpha value is -1.52. The predicted molar refractivity (Wildman–Crippen MR) is 65.2 cm³/mol. The number of benzene rings is 1. The molecule has 16 heavy (non-hydrogen) atoms. The van der Waals surface area contributed by atoms with Gasteiger partial charge in [-0.1, -0.05) is 18.2 Å². The topological polar surface area (TPSA) is 83.2 Å². The molecule has 1 atom stereocenters. The van der Waals surface area contributed by atoms with Crippen molar-refractivity contribution in [3.05, 3.63) is 36.0 Å². The summed E-state index contributed by atoms with van der Waals surface area (Å²) in [5.41, 5.74) is 13.6. The summed E-state index contributed by atoms with van der Waals surface area (Å²) in [4.78, 5) is 10.8. The van der Waals surface area contributed by atoms with Crippen LogP contribution in [0.1, 0.15) is 12.0 Å². The first-order valence-electron chi connectivity index (χ1n) is 4.72. The Morgan fingerprint density at radius 2 is 2.06 bits per heavy atom. The zero-order valence-corrected chi connectivity index (χ0v) is 9.41. The van der Waals surface area contributed by atoms with E-state index in [1.165, 1.54) is 0 Å². The van der Waals surface area contributed by atoms with Crippen molar-refractivity contribution in [3.8, 4) is 0 Å². The summed E-state index contributed by atoms with van der Waals surface area (Å²) in [6.45, 7) is 0. The van der Waals surface area contributed by atoms with Crippen molar-refractivity contribution in [1.29, 1.82) is 0 Å². The standard InChI is InChI=1S/C11H12N3O.ClH/c12-9(11(13)15)5-7-6-14-10-4-2-1-3-8(7)10;/h1-4,6,9H,5,12H2,(H2,13,15);1H. The van der Waals surface area contributed by atoms with E-state index in [1.807, 2.05) is 24.3 Å². The first-order chi connectivity index (χ1) is 7.18. The first kappa shape index (κ1) is 12.5. The van der Waals surface area contributed by atoms with E-state index in [0.29, 0.717) is 6.42 Å². The van der Waals surface area contributed by atoms with Crippen LogP contribution in [-0.2, 0) is 4.79 Å². The van der Waals surface area contributed by atoms with E-state index in [-0.39, 0.29) is 12.4 Å². The highest BCUT2D eigenvalue weighted by atomic mass is 35.5. The second-order valence-electron chi connectivity index (χ2n) is 3.51. The number of carbonyl (C=O) groups excluding carboxylic acids is 1. The van der Waals surface area contributed by atoms with Gasteiger partial charge in [0.25, 0.3) is 0 Å². The number of primary amides is 1. The normalized spacial score (nSPS) is 14.2. The van der Waals surface area contributed by atoms with Crippen molar-refractivity contribution in [3.63, 3.8) is 0 Å². The lowest BCUT2D eigenvalue weighted by Gasteiger charge is -2.08. The van der Waals surface area contributed by atoms with E-state index in [9.17, 15) is 4.79 Å². The number of carbonyl (C=O) groups is 1. The fourth-order valence-electron chi connectivity index (χ4n) is 1.57. The number of nitrogens with two attached hydrogens (primary N) is 2. The third-order valence-corrected chi connectivity index (χ3v) is 2.41. The molecule has 0 saturated heterocycles. The monoisotopic (exact) mass is 238 g/mol. The van der Waals surface area contributed by atoms with Crippen LogP contribution in [0.25, 0.3) is 5.57 Å². The van der Waals surface area contributed by atoms with Gasteiger partial charge in [-0.05, 0) is 18.1 Å². The van der Waals surface area contributed by atoms with E-state index >= 15 is 0 Å². The van der Waals surface area contributed by atoms with Gasteiger partial charge < -0.3 is 11.5 Å². The van der Waals surface area contributed by atoms with Crippen LogP contribution < -0.4 is 16.8 Å². The second kappa shape index (κ2) is 5.01. The maximum atomic E-state index is 10.8. The van der Waals surface area contributed by atoms with Crippen LogP contribution in [-0.4, -0.2) is 11.9 Å². The number of hydrogen-bond donors (Lipinski definition) is 2. The van der Waals surface area contributed by atoms with Gasteiger partial charge in [0.05, 0.1) is 11.7 Å². The lowest BCUT2D eigenvalue weighted by atomic mass is 10.0. The molecule has 1 aromatic rings. The molecule has 85 valence electrons. The van der Waals surface area contributed by atoms with E-state index in [2.05, 4.69) is 5.32 Å². The summed E-state index contributed by atoms with van der Waals surface area (Å²) < 4.78 is 0. The van der Waals surface area contributed by atoms with Gasteiger partial charge in [0.15, 0.2) is 0 Å². The van der Waals surface area contributed by atoms with Crippen LogP contribution in [0.2, 0.25) is 0 Å². The molecule has 0 bridgehead atoms. The number of nitrogens with zero attached hydrogens (tertiary/aromatic N) is 1. The minimum Gasteiger partial charge on any atom is -0.368 e. The molecule has 1 aliphatic rings. The molecule has 4 N–H and O–H groups in total. The summed E-state index contributed by atoms with van der Waals surface area (Å²) >= 11 is 0. The largest absolute Gasteiger partial charge is 0.368 e. The zero-order valence-electron chi connectivity index (χ0n) is 8.59. The molecule has 0 spiro atoms. The number of amides is 1. The molecule has 4 nitrogen and oxygen atoms in total. The van der Waals surface area contributed by atoms with Crippen LogP contribution in [0, 0.1) is 0 Å². The van der Waals surface area contributed by atoms with Crippen molar-refractivity contribution < 1.29 is 4.79 Å². The second-order valence-corrected chi connectivity index (χ2v) is 3.51. The Labute approximate surface area is 100 Å². The zero-order chi connectivity index (χ0) is 10.8. The number of fused-ring (bicyclic) bond motifs is 1. The molecule has 1 radical (unpaired) electrons. The van der Waals surface area contributed by atoms with Crippen molar-refractivity contribution in [1.82, 2.24) is 5.32 Å². The lowest BCUT2D eigenvalue weighted by molar-refractivity contribution is -0.119. The highest BCUT2D eigenvalue weighted by molar-refractivity contribution is 5.86. The number of halogens is 1. The van der Waals surface area contributed by atoms with Crippen LogP contribution in [0.15, 0.2) is 30.5 Å². The molecular formula is C11H13ClN3O. The Bertz CT molecular complexity index is 431. The van der Waals surface area contributed by atoms with E-state index in [4.69, 9.17) is 11.5 Å². The Balaban J connectivity index is 0.00000128. The minimum atomic E-state index is -0.641. The molecular weight excluding hydrogens is 226 g/mol. The van der Waals surface area contributed by atoms with E-state index < -0.39 is 11.9 Å². The molecule has 1 aliphatic heterocycles. The molecule has 5 heteroatoms. The van der Waals surface area contributed by atoms with E-state index in [1.54, 1.807) is 6.20 Å². The average Bonchev–Trinajstić information content (AvgIpc) is 2.62. The van der Waals surface area contributed by atoms with E-state index in [0.717, 1.165) is 16.8 Å². The molecule has 0 saturated carbocycles. The van der Waals surface area contributed by atoms with Gasteiger partial charge in [0.2, 0.25) is 5.91 Å². The van der Waals surface area contributed by atoms with Gasteiger partial charge in [-0.2, -0.15) is 0 Å². The molecule has 1 unspecified atom stereocenters. The molecule has 0 aromatic heterocycles. The SMILES string of the molecule is Cl.NC(=O)C(N)CC1=C[N]c2ccccc21. The first-order valence-corrected chi connectivity index (χ1v) is 4.72. The van der Waals surface area contributed by atoms with Crippen molar-refractivity contribution in [2.24, 2.45) is 11.5 Å². The van der Waals surface area contributed by atoms with Crippen LogP contribution in [0.4, 0.5) is 5.69 Å². The predicted octanol–water partition coefficient (Wildman–Crippen LogP) is 0.901. The van der Waals surface area contributed by atoms with Gasteiger partial charge in [-0.3, -0.25) is 10.1 Å². The molecule has 1 amide bonds. The minimum absolute atomic E-state index is 0. The highest BCUT2D eigenvalue weighted by Crippen LogP contribution is 2.32. The maximum Gasteiger partial charge on any atom is 0.234 e. The third kappa shape index (κ3) is 2.35. The quantitative estimate of drug-likeness (QED) is 0.820. The third-order valence-electron chi connectivity index (χ3n) is 2.41. The number of rotatable bonds is 3. The van der Waals surface area contributed by atoms with Crippen molar-refractivity contribution >= 4 is 29.6 Å². The summed E-state index contributed by atoms with van der Waals surface area (Å²) in [5, 5.41) is 4.22. The van der Waals surface area contributed by atoms with Gasteiger partial charge in [0.1, 0.15) is 0 Å². The fourth-order valence-corrected chi connectivity index (χ4v) is 1.57.